The molecule has 154 valence electrons. The monoisotopic (exact) mass is 433 g/mol. The molecule has 0 unspecified atom stereocenters. The molecule has 0 atom stereocenters. The molecule has 0 aliphatic heterocycles. The molecule has 0 amide bonds. The number of fused-ring (bicyclic) bond motifs is 2. The van der Waals surface area contributed by atoms with Gasteiger partial charge in [0, 0.05) is 21.6 Å². The Kier molecular flexibility index (Phi) is 5.39. The van der Waals surface area contributed by atoms with Gasteiger partial charge < -0.3 is 4.74 Å². The van der Waals surface area contributed by atoms with E-state index in [4.69, 9.17) is 4.74 Å². The van der Waals surface area contributed by atoms with Gasteiger partial charge in [0.1, 0.15) is 17.7 Å². The Morgan fingerprint density at radius 3 is 2.19 bits per heavy atom. The van der Waals surface area contributed by atoms with E-state index in [1.807, 2.05) is 18.4 Å². The maximum absolute atomic E-state index is 13.0. The Morgan fingerprint density at radius 2 is 1.58 bits per heavy atom. The Balaban J connectivity index is 1.71. The molecule has 0 aromatic heterocycles. The van der Waals surface area contributed by atoms with Crippen LogP contribution in [0.3, 0.4) is 0 Å². The number of benzene rings is 3. The molecule has 8 heteroatoms. The second kappa shape index (κ2) is 8.16. The summed E-state index contributed by atoms with van der Waals surface area (Å²) >= 11 is 1.57. The zero-order chi connectivity index (χ0) is 22.1. The van der Waals surface area contributed by atoms with Gasteiger partial charge in [0.05, 0.1) is 4.92 Å². The smallest absolute Gasteiger partial charge is 0.345 e. The van der Waals surface area contributed by atoms with Gasteiger partial charge in [-0.05, 0) is 36.1 Å². The quantitative estimate of drug-likeness (QED) is 0.198. The SMILES string of the molecule is CSc1ccc(COC(=O)c2ccc3c(c2[N+](=O)[O-])C(=O)c2ccccc2C3=O)cc1. The van der Waals surface area contributed by atoms with Crippen LogP contribution < -0.4 is 0 Å². The number of ketones is 2. The predicted molar refractivity (Wildman–Crippen MR) is 114 cm³/mol. The average Bonchev–Trinajstić information content (AvgIpc) is 2.80. The fourth-order valence-electron chi connectivity index (χ4n) is 3.47. The molecular formula is C23H15NO6S. The molecule has 0 bridgehead atoms. The number of thioether (sulfide) groups is 1. The Hall–Kier alpha value is -3.78. The second-order valence-corrected chi connectivity index (χ2v) is 7.65. The fourth-order valence-corrected chi connectivity index (χ4v) is 3.88. The summed E-state index contributed by atoms with van der Waals surface area (Å²) in [6.45, 7) is -0.0859. The van der Waals surface area contributed by atoms with Crippen molar-refractivity contribution in [2.45, 2.75) is 11.5 Å². The van der Waals surface area contributed by atoms with Gasteiger partial charge >= 0.3 is 5.97 Å². The third-order valence-corrected chi connectivity index (χ3v) is 5.74. The molecule has 1 aliphatic rings. The summed E-state index contributed by atoms with van der Waals surface area (Å²) in [5, 5.41) is 11.8. The zero-order valence-electron chi connectivity index (χ0n) is 16.3. The summed E-state index contributed by atoms with van der Waals surface area (Å²) in [5.74, 6) is -2.11. The number of hydrogen-bond donors (Lipinski definition) is 0. The van der Waals surface area contributed by atoms with Crippen LogP contribution in [0, 0.1) is 10.1 Å². The van der Waals surface area contributed by atoms with Crippen molar-refractivity contribution in [1.82, 2.24) is 0 Å². The van der Waals surface area contributed by atoms with E-state index in [0.717, 1.165) is 11.0 Å². The van der Waals surface area contributed by atoms with Crippen LogP contribution in [0.25, 0.3) is 0 Å². The third-order valence-electron chi connectivity index (χ3n) is 5.00. The molecule has 0 radical (unpaired) electrons. The molecule has 0 N–H and O–H groups in total. The highest BCUT2D eigenvalue weighted by Crippen LogP contribution is 2.35. The minimum atomic E-state index is -0.942. The van der Waals surface area contributed by atoms with E-state index in [1.165, 1.54) is 18.2 Å². The van der Waals surface area contributed by atoms with Gasteiger partial charge in [-0.3, -0.25) is 19.7 Å². The lowest BCUT2D eigenvalue weighted by molar-refractivity contribution is -0.385. The third kappa shape index (κ3) is 3.62. The maximum atomic E-state index is 13.0. The number of rotatable bonds is 5. The average molecular weight is 433 g/mol. The van der Waals surface area contributed by atoms with Gasteiger partial charge in [-0.2, -0.15) is 0 Å². The Labute approximate surface area is 181 Å². The van der Waals surface area contributed by atoms with Crippen molar-refractivity contribution >= 4 is 35.0 Å². The molecule has 1 aliphatic carbocycles. The fraction of sp³-hybridized carbons (Fsp3) is 0.0870. The first-order valence-corrected chi connectivity index (χ1v) is 10.4. The zero-order valence-corrected chi connectivity index (χ0v) is 17.1. The van der Waals surface area contributed by atoms with Crippen molar-refractivity contribution in [3.63, 3.8) is 0 Å². The van der Waals surface area contributed by atoms with Crippen LogP contribution in [0.5, 0.6) is 0 Å². The van der Waals surface area contributed by atoms with Crippen LogP contribution in [-0.2, 0) is 11.3 Å². The van der Waals surface area contributed by atoms with E-state index < -0.39 is 28.1 Å². The molecule has 7 nitrogen and oxygen atoms in total. The van der Waals surface area contributed by atoms with Crippen LogP contribution in [-0.4, -0.2) is 28.7 Å². The van der Waals surface area contributed by atoms with Crippen LogP contribution >= 0.6 is 11.8 Å². The molecule has 31 heavy (non-hydrogen) atoms. The minimum Gasteiger partial charge on any atom is -0.457 e. The Morgan fingerprint density at radius 1 is 0.935 bits per heavy atom. The minimum absolute atomic E-state index is 0.0718. The normalized spacial score (nSPS) is 12.2. The van der Waals surface area contributed by atoms with Crippen molar-refractivity contribution in [3.05, 3.63) is 104 Å². The standard InChI is InChI=1S/C23H15NO6S/c1-31-14-8-6-13(7-9-14)12-30-23(27)18-11-10-17-19(20(18)24(28)29)22(26)16-5-3-2-4-15(16)21(17)25/h2-11H,12H2,1H3. The van der Waals surface area contributed by atoms with Gasteiger partial charge in [0.25, 0.3) is 5.69 Å². The number of ether oxygens (including phenoxy) is 1. The van der Waals surface area contributed by atoms with E-state index >= 15 is 0 Å². The van der Waals surface area contributed by atoms with Crippen molar-refractivity contribution in [1.29, 1.82) is 0 Å². The van der Waals surface area contributed by atoms with Crippen molar-refractivity contribution < 1.29 is 24.0 Å². The van der Waals surface area contributed by atoms with E-state index in [0.29, 0.717) is 5.56 Å². The van der Waals surface area contributed by atoms with Crippen molar-refractivity contribution in [3.8, 4) is 0 Å². The summed E-state index contributed by atoms with van der Waals surface area (Å²) in [6, 6.07) is 15.9. The number of nitrogens with zero attached hydrogens (tertiary/aromatic N) is 1. The lowest BCUT2D eigenvalue weighted by atomic mass is 9.82. The summed E-state index contributed by atoms with van der Waals surface area (Å²) in [6.07, 6.45) is 1.94. The van der Waals surface area contributed by atoms with Crippen LogP contribution in [0.2, 0.25) is 0 Å². The first-order valence-electron chi connectivity index (χ1n) is 9.22. The number of esters is 1. The topological polar surface area (TPSA) is 104 Å². The molecule has 0 saturated heterocycles. The summed E-state index contributed by atoms with van der Waals surface area (Å²) in [7, 11) is 0. The van der Waals surface area contributed by atoms with Crippen molar-refractivity contribution in [2.75, 3.05) is 6.26 Å². The molecule has 0 heterocycles. The number of carbonyl (C=O) groups excluding carboxylic acids is 3. The van der Waals surface area contributed by atoms with Gasteiger partial charge in [-0.15, -0.1) is 11.8 Å². The molecule has 3 aromatic carbocycles. The summed E-state index contributed by atoms with van der Waals surface area (Å²) in [4.78, 5) is 50.5. The van der Waals surface area contributed by atoms with E-state index in [-0.39, 0.29) is 34.4 Å². The molecule has 0 saturated carbocycles. The highest BCUT2D eigenvalue weighted by molar-refractivity contribution is 7.98. The summed E-state index contributed by atoms with van der Waals surface area (Å²) < 4.78 is 5.25. The Bertz CT molecular complexity index is 1250. The molecule has 3 aromatic rings. The molecule has 0 fully saturated rings. The number of carbonyl (C=O) groups is 3. The van der Waals surface area contributed by atoms with Crippen LogP contribution in [0.1, 0.15) is 47.8 Å². The van der Waals surface area contributed by atoms with E-state index in [2.05, 4.69) is 0 Å². The molecule has 4 rings (SSSR count). The van der Waals surface area contributed by atoms with Gasteiger partial charge in [-0.25, -0.2) is 4.79 Å². The largest absolute Gasteiger partial charge is 0.457 e. The highest BCUT2D eigenvalue weighted by Gasteiger charge is 2.38. The second-order valence-electron chi connectivity index (χ2n) is 6.77. The van der Waals surface area contributed by atoms with Gasteiger partial charge in [0.15, 0.2) is 5.78 Å². The summed E-state index contributed by atoms with van der Waals surface area (Å²) in [5.41, 5.74) is -0.599. The van der Waals surface area contributed by atoms with E-state index in [1.54, 1.807) is 36.0 Å². The van der Waals surface area contributed by atoms with Crippen molar-refractivity contribution in [2.24, 2.45) is 0 Å². The number of hydrogen-bond acceptors (Lipinski definition) is 7. The first kappa shape index (κ1) is 20.5. The van der Waals surface area contributed by atoms with Crippen LogP contribution in [0.15, 0.2) is 65.6 Å². The number of nitro benzene ring substituents is 1. The predicted octanol–water partition coefficient (Wildman–Crippen LogP) is 4.45. The lowest BCUT2D eigenvalue weighted by Gasteiger charge is -2.18. The van der Waals surface area contributed by atoms with Gasteiger partial charge in [0.2, 0.25) is 5.78 Å². The maximum Gasteiger partial charge on any atom is 0.345 e. The van der Waals surface area contributed by atoms with Crippen LogP contribution in [0.4, 0.5) is 5.69 Å². The highest BCUT2D eigenvalue weighted by atomic mass is 32.2. The van der Waals surface area contributed by atoms with E-state index in [9.17, 15) is 24.5 Å². The molecular weight excluding hydrogens is 418 g/mol. The lowest BCUT2D eigenvalue weighted by Crippen LogP contribution is -2.23. The first-order chi connectivity index (χ1) is 14.9. The molecule has 0 spiro atoms. The number of nitro groups is 1. The van der Waals surface area contributed by atoms with Gasteiger partial charge in [-0.1, -0.05) is 36.4 Å².